The maximum absolute atomic E-state index is 15.0. The van der Waals surface area contributed by atoms with E-state index >= 15 is 0 Å². The van der Waals surface area contributed by atoms with E-state index in [0.29, 0.717) is 70.5 Å². The van der Waals surface area contributed by atoms with Crippen LogP contribution in [0.3, 0.4) is 0 Å². The van der Waals surface area contributed by atoms with Crippen molar-refractivity contribution in [1.29, 1.82) is 0 Å². The molecule has 0 bridgehead atoms. The first-order chi connectivity index (χ1) is 66.8. The molecule has 2 aromatic carbocycles. The Hall–Kier alpha value is -12.1. The zero-order valence-electron chi connectivity index (χ0n) is 81.4. The van der Waals surface area contributed by atoms with Crippen LogP contribution in [-0.2, 0) is 105 Å². The molecule has 0 aliphatic carbocycles. The predicted molar refractivity (Wildman–Crippen MR) is 520 cm³/mol. The normalized spacial score (nSPS) is 15.8. The van der Waals surface area contributed by atoms with Crippen molar-refractivity contribution in [1.82, 2.24) is 65.8 Å². The van der Waals surface area contributed by atoms with Crippen molar-refractivity contribution >= 4 is 156 Å². The molecule has 0 spiro atoms. The Balaban J connectivity index is 0.000000451. The number of rotatable bonds is 62. The molecule has 774 valence electrons. The van der Waals surface area contributed by atoms with Crippen molar-refractivity contribution in [3.63, 3.8) is 0 Å². The summed E-state index contributed by atoms with van der Waals surface area (Å²) in [7, 11) is 4.31. The number of ketones is 6. The number of alkyl carbamates (subject to hydrolysis) is 1. The average Bonchev–Trinajstić information content (AvgIpc) is 1.80. The first-order valence-corrected chi connectivity index (χ1v) is 50.6. The summed E-state index contributed by atoms with van der Waals surface area (Å²) in [5.41, 5.74) is 7.58. The fourth-order valence-corrected chi connectivity index (χ4v) is 19.0. The number of esters is 2. The van der Waals surface area contributed by atoms with E-state index in [4.69, 9.17) is 19.9 Å². The molecule has 0 saturated carbocycles. The van der Waals surface area contributed by atoms with Gasteiger partial charge in [-0.05, 0) is 113 Å². The van der Waals surface area contributed by atoms with Crippen LogP contribution in [0.15, 0.2) is 64.9 Å². The summed E-state index contributed by atoms with van der Waals surface area (Å²) < 4.78 is 16.8. The van der Waals surface area contributed by atoms with Crippen LogP contribution in [0.25, 0.3) is 11.2 Å². The van der Waals surface area contributed by atoms with Gasteiger partial charge in [0, 0.05) is 150 Å². The van der Waals surface area contributed by atoms with E-state index in [9.17, 15) is 122 Å². The van der Waals surface area contributed by atoms with Crippen molar-refractivity contribution < 1.29 is 131 Å². The molecule has 0 unspecified atom stereocenters. The number of hydrogen-bond acceptors (Lipinski definition) is 34. The molecular formula is C96H134N14O28S3. The van der Waals surface area contributed by atoms with Gasteiger partial charge in [-0.15, -0.1) is 11.3 Å². The highest BCUT2D eigenvalue weighted by atomic mass is 33.1. The molecule has 42 nitrogen and oxygen atoms in total. The maximum Gasteiger partial charge on any atom is 0.407 e. The minimum Gasteiger partial charge on any atom is -0.508 e. The number of carbonyl (C=O) groups is 18. The van der Waals surface area contributed by atoms with Crippen LogP contribution in [0.2, 0.25) is 0 Å². The SMILES string of the molecule is CC(=O)C[C@H](CC(=O)CN1CCN(CCNC(=O)C[C@H](NC(=O)CC[C@H](CC(=O)c2ccc(CCc3cnc4nc(N)[nH]c(=O)c4n3)cc2)C(=O)O)C(=O)O)CC1)C(=O)O.CCCC(=O)OCN(C(=O)[C@@H](CC(=O)[C@H]1CCCCN1C)[C@H](C)CC)[C@H](C[C@@H](OC(C)=O)c1nc(C(=O)N[C@@H](Cc2ccc(O)cc2)C[C@H](C)C(=O)CNC(=O)OCCSSC[C@H](CC(=O)C[C@H](CC)C(=O)O)C(=O)O)cs1)C(C)C. The van der Waals surface area contributed by atoms with Crippen LogP contribution in [0.5, 0.6) is 5.75 Å². The average molecular weight is 2030 g/mol. The van der Waals surface area contributed by atoms with Crippen LogP contribution in [-0.4, -0.2) is 296 Å². The van der Waals surface area contributed by atoms with E-state index in [1.54, 1.807) is 50.2 Å². The molecule has 0 radical (unpaired) electrons. The molecule has 5 amide bonds. The minimum atomic E-state index is -1.58. The molecule has 141 heavy (non-hydrogen) atoms. The van der Waals surface area contributed by atoms with Gasteiger partial charge in [-0.2, -0.15) is 4.98 Å². The fraction of sp³-hybridized carbons (Fsp3) is 0.594. The molecule has 2 aliphatic rings. The Morgan fingerprint density at radius 3 is 1.94 bits per heavy atom. The number of piperidine rings is 1. The topological polar surface area (TPSA) is 628 Å². The molecule has 5 heterocycles. The number of carboxylic acids is 5. The summed E-state index contributed by atoms with van der Waals surface area (Å²) in [6.07, 6.45) is 2.38. The molecule has 45 heteroatoms. The molecule has 2 aliphatic heterocycles. The van der Waals surface area contributed by atoms with Gasteiger partial charge in [0.15, 0.2) is 41.3 Å². The number of H-pyrrole nitrogens is 1. The minimum absolute atomic E-state index is 0.00834. The van der Waals surface area contributed by atoms with Crippen LogP contribution in [0, 0.1) is 47.3 Å². The zero-order valence-corrected chi connectivity index (χ0v) is 83.8. The number of nitrogens with zero attached hydrogens (tertiary/aromatic N) is 8. The number of nitrogen functional groups attached to an aromatic ring is 1. The number of benzene rings is 2. The highest BCUT2D eigenvalue weighted by Gasteiger charge is 2.41. The molecule has 2 fully saturated rings. The summed E-state index contributed by atoms with van der Waals surface area (Å²) in [4.78, 5) is 266. The van der Waals surface area contributed by atoms with E-state index in [2.05, 4.69) is 46.2 Å². The first kappa shape index (κ1) is 118. The number of thiazole rings is 1. The monoisotopic (exact) mass is 2030 g/mol. The third kappa shape index (κ3) is 41.6. The number of aliphatic carboxylic acids is 5. The molecule has 12 atom stereocenters. The number of phenols is 1. The van der Waals surface area contributed by atoms with Crippen LogP contribution in [0.1, 0.15) is 227 Å². The molecule has 2 saturated heterocycles. The number of likely N-dealkylation sites (N-methyl/N-ethyl adjacent to an activating group) is 1. The molecule has 3 aromatic heterocycles. The fourth-order valence-electron chi connectivity index (χ4n) is 16.1. The number of aromatic hydroxyl groups is 1. The van der Waals surface area contributed by atoms with Gasteiger partial charge in [-0.1, -0.05) is 119 Å². The number of carbonyl (C=O) groups excluding carboxylic acids is 13. The number of piperazine rings is 1. The largest absolute Gasteiger partial charge is 0.508 e. The Bertz CT molecular complexity index is 5170. The van der Waals surface area contributed by atoms with Gasteiger partial charge < -0.3 is 81.5 Å². The molecular weight excluding hydrogens is 1890 g/mol. The third-order valence-electron chi connectivity index (χ3n) is 24.4. The second kappa shape index (κ2) is 60.3. The molecule has 13 N–H and O–H groups in total. The van der Waals surface area contributed by atoms with E-state index in [-0.39, 0.29) is 194 Å². The van der Waals surface area contributed by atoms with E-state index in [1.165, 1.54) is 64.0 Å². The Morgan fingerprint density at radius 1 is 0.667 bits per heavy atom. The summed E-state index contributed by atoms with van der Waals surface area (Å²) in [5, 5.41) is 69.5. The van der Waals surface area contributed by atoms with Crippen molar-refractivity contribution in [2.24, 2.45) is 47.3 Å². The summed E-state index contributed by atoms with van der Waals surface area (Å²) in [6.45, 7) is 18.1. The number of nitrogens with one attached hydrogen (secondary N) is 5. The second-order valence-corrected chi connectivity index (χ2v) is 39.5. The van der Waals surface area contributed by atoms with Crippen molar-refractivity contribution in [2.45, 2.75) is 227 Å². The predicted octanol–water partition coefficient (Wildman–Crippen LogP) is 7.77. The number of phenolic OH excluding ortho intramolecular Hbond substituents is 1. The van der Waals surface area contributed by atoms with Gasteiger partial charge in [0.05, 0.1) is 61.1 Å². The number of Topliss-reactive ketones (excluding diaryl/α,β-unsaturated/α-hetero) is 6. The van der Waals surface area contributed by atoms with Gasteiger partial charge in [0.1, 0.15) is 46.4 Å². The van der Waals surface area contributed by atoms with Crippen LogP contribution >= 0.6 is 32.9 Å². The second-order valence-electron chi connectivity index (χ2n) is 35.9. The van der Waals surface area contributed by atoms with Gasteiger partial charge in [-0.25, -0.2) is 24.5 Å². The van der Waals surface area contributed by atoms with Gasteiger partial charge in [-0.3, -0.25) is 96.4 Å². The smallest absolute Gasteiger partial charge is 0.407 e. The standard InChI is InChI=1S/C57H85N5O16S3.C39H49N9O12/c1-10-15-51(68)77-33-62(54(70)44(35(6)11-2)28-48(66)46-16-13-14-21-61(46)9)47(34(4)5)29-50(78-37(8)63)53-60-45(32-79-53)52(69)59-41(25-38-17-19-42(64)20-18-38)24-36(7)49(67)30-58-57(75)76-22-23-80-81-31-40(56(73)74)27-43(65)26-39(12-3)55(71)72;1-22(49)16-26(37(57)58)17-28(50)21-48-14-12-47(13-15-48)11-10-41-32(53)19-29(38(59)60)44-31(52)9-7-25(36(55)56)18-30(51)24-5-2-23(3-6-24)4-8-27-20-42-34-33(43-27)35(54)46-39(40)45-34/h17-20,32,34-36,39-41,44,46-47,50,64H,10-16,21-31,33H2,1-9H3,(H,58,75)(H,59,69)(H,71,72)(H,73,74);2-3,5-6,20,25-26,29H,4,7-19,21H2,1H3,(H,41,53)(H,44,52)(H,55,56)(H,57,58)(H,59,60)(H3,40,42,45,46,54)/t35-,36+,39+,40+,41-,44+,46-,47-,50-;25-,26-,29+/m11/s1. The van der Waals surface area contributed by atoms with Gasteiger partial charge >= 0.3 is 47.9 Å². The van der Waals surface area contributed by atoms with Gasteiger partial charge in [0.25, 0.3) is 11.5 Å². The number of aromatic amines is 1. The Morgan fingerprint density at radius 2 is 1.32 bits per heavy atom. The maximum atomic E-state index is 15.0. The van der Waals surface area contributed by atoms with Crippen molar-refractivity contribution in [3.05, 3.63) is 104 Å². The lowest BCUT2D eigenvalue weighted by atomic mass is 9.82. The highest BCUT2D eigenvalue weighted by Crippen LogP contribution is 2.35. The first-order valence-electron chi connectivity index (χ1n) is 47.2. The number of hydrogen-bond donors (Lipinski definition) is 12. The molecule has 7 rings (SSSR count). The lowest BCUT2D eigenvalue weighted by Gasteiger charge is -2.39. The summed E-state index contributed by atoms with van der Waals surface area (Å²) >= 11 is 1.07. The lowest BCUT2D eigenvalue weighted by Crippen LogP contribution is -2.50. The van der Waals surface area contributed by atoms with E-state index in [1.807, 2.05) is 56.4 Å². The Labute approximate surface area is 829 Å². The molecule has 5 aromatic rings. The number of ether oxygens (including phenoxy) is 3. The number of carboxylic acid groups (broad SMARTS) is 5. The number of amides is 5. The third-order valence-corrected chi connectivity index (χ3v) is 27.8. The van der Waals surface area contributed by atoms with Gasteiger partial charge in [0.2, 0.25) is 23.7 Å². The summed E-state index contributed by atoms with van der Waals surface area (Å²) in [6, 6.07) is 9.63. The number of anilines is 1. The van der Waals surface area contributed by atoms with Crippen LogP contribution in [0.4, 0.5) is 10.7 Å². The van der Waals surface area contributed by atoms with Crippen LogP contribution < -0.4 is 32.6 Å². The number of aryl methyl sites for hydroxylation is 2. The highest BCUT2D eigenvalue weighted by molar-refractivity contribution is 8.76. The van der Waals surface area contributed by atoms with Crippen molar-refractivity contribution in [3.8, 4) is 5.75 Å². The summed E-state index contributed by atoms with van der Waals surface area (Å²) in [5.74, 6) is -17.4. The lowest BCUT2D eigenvalue weighted by molar-refractivity contribution is -0.162. The number of aromatic nitrogens is 5. The number of nitrogens with two attached hydrogens (primary N) is 1. The van der Waals surface area contributed by atoms with E-state index in [0.717, 1.165) is 41.9 Å². The van der Waals surface area contributed by atoms with Crippen molar-refractivity contribution in [2.75, 3.05) is 96.5 Å². The number of likely N-dealkylation sites (tertiary alicyclic amines) is 1. The Kier molecular flexibility index (Phi) is 50.3. The quantitative estimate of drug-likeness (QED) is 0.00441. The zero-order chi connectivity index (χ0) is 104. The van der Waals surface area contributed by atoms with E-state index < -0.39 is 168 Å². The number of fused-ring (bicyclic) bond motifs is 1.